The second-order valence-electron chi connectivity index (χ2n) is 6.35. The molecule has 0 fully saturated rings. The van der Waals surface area contributed by atoms with E-state index in [4.69, 9.17) is 4.74 Å². The highest BCUT2D eigenvalue weighted by Gasteiger charge is 2.25. The number of carbonyl (C=O) groups is 2. The van der Waals surface area contributed by atoms with Gasteiger partial charge in [-0.1, -0.05) is 6.92 Å². The molecule has 0 bridgehead atoms. The number of fused-ring (bicyclic) bond motifs is 1. The quantitative estimate of drug-likeness (QED) is 0.607. The number of hydrogen-bond donors (Lipinski definition) is 1. The van der Waals surface area contributed by atoms with Crippen molar-refractivity contribution in [3.8, 4) is 6.07 Å². The Bertz CT molecular complexity index is 917. The lowest BCUT2D eigenvalue weighted by atomic mass is 9.89. The second kappa shape index (κ2) is 8.55. The van der Waals surface area contributed by atoms with Crippen molar-refractivity contribution < 1.29 is 14.3 Å². The van der Waals surface area contributed by atoms with Crippen LogP contribution < -0.4 is 5.32 Å². The molecule has 1 N–H and O–H groups in total. The van der Waals surface area contributed by atoms with Crippen LogP contribution >= 0.6 is 23.1 Å². The van der Waals surface area contributed by atoms with Crippen molar-refractivity contribution in [1.29, 1.82) is 5.26 Å². The number of nitrogens with zero attached hydrogens (tertiary/aromatic N) is 2. The highest BCUT2D eigenvalue weighted by atomic mass is 32.2. The van der Waals surface area contributed by atoms with Crippen LogP contribution in [0.1, 0.15) is 39.7 Å². The van der Waals surface area contributed by atoms with Gasteiger partial charge in [-0.05, 0) is 49.1 Å². The molecule has 0 spiro atoms. The first-order valence-electron chi connectivity index (χ1n) is 8.54. The number of nitriles is 1. The average Bonchev–Trinajstić information content (AvgIpc) is 3.01. The molecular weight excluding hydrogens is 382 g/mol. The molecule has 2 aromatic heterocycles. The van der Waals surface area contributed by atoms with E-state index in [1.807, 2.05) is 6.26 Å². The molecule has 0 saturated carbocycles. The number of thioether (sulfide) groups is 1. The van der Waals surface area contributed by atoms with Gasteiger partial charge in [0.25, 0.3) is 5.91 Å². The van der Waals surface area contributed by atoms with E-state index in [1.165, 1.54) is 23.1 Å². The molecule has 1 aliphatic rings. The summed E-state index contributed by atoms with van der Waals surface area (Å²) in [5.74, 6) is -0.471. The Morgan fingerprint density at radius 1 is 1.52 bits per heavy atom. The van der Waals surface area contributed by atoms with E-state index < -0.39 is 18.5 Å². The molecule has 2 aromatic rings. The number of esters is 1. The summed E-state index contributed by atoms with van der Waals surface area (Å²) in [6.07, 6.45) is 6.25. The van der Waals surface area contributed by atoms with Crippen molar-refractivity contribution in [1.82, 2.24) is 4.98 Å². The van der Waals surface area contributed by atoms with Crippen molar-refractivity contribution in [2.24, 2.45) is 5.92 Å². The summed E-state index contributed by atoms with van der Waals surface area (Å²) in [5.41, 5.74) is 1.92. The van der Waals surface area contributed by atoms with Crippen molar-refractivity contribution >= 4 is 40.0 Å². The Balaban J connectivity index is 1.65. The van der Waals surface area contributed by atoms with E-state index in [9.17, 15) is 14.9 Å². The maximum atomic E-state index is 12.2. The number of pyridine rings is 1. The Kier molecular flexibility index (Phi) is 6.14. The molecular formula is C19H19N3O3S2. The number of carbonyl (C=O) groups excluding carboxylic acids is 2. The number of amides is 1. The normalized spacial score (nSPS) is 15.5. The van der Waals surface area contributed by atoms with Crippen LogP contribution in [0.5, 0.6) is 0 Å². The van der Waals surface area contributed by atoms with Crippen LogP contribution in [0.4, 0.5) is 5.00 Å². The zero-order chi connectivity index (χ0) is 19.4. The predicted molar refractivity (Wildman–Crippen MR) is 105 cm³/mol. The van der Waals surface area contributed by atoms with Gasteiger partial charge in [-0.3, -0.25) is 4.79 Å². The zero-order valence-electron chi connectivity index (χ0n) is 15.1. The van der Waals surface area contributed by atoms with Gasteiger partial charge < -0.3 is 10.1 Å². The molecule has 8 heteroatoms. The summed E-state index contributed by atoms with van der Waals surface area (Å²) in [6, 6.07) is 5.46. The predicted octanol–water partition coefficient (Wildman–Crippen LogP) is 3.66. The fraction of sp³-hybridized carbons (Fsp3) is 0.368. The summed E-state index contributed by atoms with van der Waals surface area (Å²) in [7, 11) is 0. The van der Waals surface area contributed by atoms with Gasteiger partial charge >= 0.3 is 5.97 Å². The minimum atomic E-state index is -0.595. The SMILES string of the molecule is CSc1ncccc1C(=O)OCC(=O)Nc1sc2c(c1C#N)CCC(C)C2. The molecule has 1 unspecified atom stereocenters. The molecule has 3 rings (SSSR count). The van der Waals surface area contributed by atoms with Gasteiger partial charge in [0.2, 0.25) is 0 Å². The molecule has 1 atom stereocenters. The van der Waals surface area contributed by atoms with Crippen LogP contribution in [-0.4, -0.2) is 29.7 Å². The van der Waals surface area contributed by atoms with Crippen molar-refractivity contribution in [3.63, 3.8) is 0 Å². The topological polar surface area (TPSA) is 92.1 Å². The summed E-state index contributed by atoms with van der Waals surface area (Å²) >= 11 is 2.78. The van der Waals surface area contributed by atoms with Crippen LogP contribution in [0.15, 0.2) is 23.4 Å². The van der Waals surface area contributed by atoms with Gasteiger partial charge in [0.05, 0.1) is 11.1 Å². The van der Waals surface area contributed by atoms with Gasteiger partial charge in [-0.2, -0.15) is 5.26 Å². The molecule has 6 nitrogen and oxygen atoms in total. The van der Waals surface area contributed by atoms with Gasteiger partial charge in [0, 0.05) is 11.1 Å². The molecule has 1 amide bonds. The van der Waals surface area contributed by atoms with E-state index in [0.717, 1.165) is 29.7 Å². The molecule has 0 saturated heterocycles. The molecule has 0 aliphatic heterocycles. The van der Waals surface area contributed by atoms with Crippen molar-refractivity contribution in [2.45, 2.75) is 31.2 Å². The van der Waals surface area contributed by atoms with Crippen LogP contribution in [-0.2, 0) is 22.4 Å². The van der Waals surface area contributed by atoms with Crippen LogP contribution in [0.3, 0.4) is 0 Å². The second-order valence-corrected chi connectivity index (χ2v) is 8.25. The number of nitrogens with one attached hydrogen (secondary N) is 1. The maximum absolute atomic E-state index is 12.2. The lowest BCUT2D eigenvalue weighted by Crippen LogP contribution is -2.21. The minimum Gasteiger partial charge on any atom is -0.452 e. The smallest absolute Gasteiger partial charge is 0.341 e. The summed E-state index contributed by atoms with van der Waals surface area (Å²) < 4.78 is 5.11. The van der Waals surface area contributed by atoms with Gasteiger partial charge in [0.15, 0.2) is 6.61 Å². The van der Waals surface area contributed by atoms with Crippen LogP contribution in [0, 0.1) is 17.2 Å². The molecule has 140 valence electrons. The monoisotopic (exact) mass is 401 g/mol. The maximum Gasteiger partial charge on any atom is 0.341 e. The molecule has 2 heterocycles. The Labute approximate surface area is 165 Å². The van der Waals surface area contributed by atoms with Crippen molar-refractivity contribution in [2.75, 3.05) is 18.2 Å². The fourth-order valence-corrected chi connectivity index (χ4v) is 4.95. The standard InChI is InChI=1S/C19H19N3O3S2/c1-11-5-6-12-14(9-20)18(27-15(12)8-11)22-16(23)10-25-19(24)13-4-3-7-21-17(13)26-2/h3-4,7,11H,5-6,8,10H2,1-2H3,(H,22,23). The Morgan fingerprint density at radius 3 is 3.07 bits per heavy atom. The van der Waals surface area contributed by atoms with Crippen LogP contribution in [0.25, 0.3) is 0 Å². The zero-order valence-corrected chi connectivity index (χ0v) is 16.7. The molecule has 1 aliphatic carbocycles. The highest BCUT2D eigenvalue weighted by molar-refractivity contribution is 7.98. The minimum absolute atomic E-state index is 0.330. The molecule has 0 aromatic carbocycles. The average molecular weight is 402 g/mol. The summed E-state index contributed by atoms with van der Waals surface area (Å²) in [4.78, 5) is 29.7. The number of ether oxygens (including phenoxy) is 1. The third-order valence-corrected chi connectivity index (χ3v) is 6.28. The highest BCUT2D eigenvalue weighted by Crippen LogP contribution is 2.39. The van der Waals surface area contributed by atoms with E-state index in [0.29, 0.717) is 27.1 Å². The molecule has 0 radical (unpaired) electrons. The Morgan fingerprint density at radius 2 is 2.33 bits per heavy atom. The number of rotatable bonds is 5. The van der Waals surface area contributed by atoms with E-state index in [2.05, 4.69) is 23.3 Å². The van der Waals surface area contributed by atoms with Gasteiger partial charge in [-0.25, -0.2) is 9.78 Å². The molecule has 27 heavy (non-hydrogen) atoms. The summed E-state index contributed by atoms with van der Waals surface area (Å²) in [5, 5.41) is 13.3. The number of aromatic nitrogens is 1. The van der Waals surface area contributed by atoms with Gasteiger partial charge in [-0.15, -0.1) is 23.1 Å². The van der Waals surface area contributed by atoms with E-state index >= 15 is 0 Å². The third-order valence-electron chi connectivity index (χ3n) is 4.40. The fourth-order valence-electron chi connectivity index (χ4n) is 3.04. The lowest BCUT2D eigenvalue weighted by molar-refractivity contribution is -0.119. The van der Waals surface area contributed by atoms with Gasteiger partial charge in [0.1, 0.15) is 16.1 Å². The lowest BCUT2D eigenvalue weighted by Gasteiger charge is -2.17. The number of hydrogen-bond acceptors (Lipinski definition) is 7. The number of anilines is 1. The van der Waals surface area contributed by atoms with E-state index in [-0.39, 0.29) is 0 Å². The Hall–Kier alpha value is -2.37. The van der Waals surface area contributed by atoms with Crippen LogP contribution in [0.2, 0.25) is 0 Å². The first-order chi connectivity index (χ1) is 13.0. The first-order valence-corrected chi connectivity index (χ1v) is 10.6. The first kappa shape index (κ1) is 19.4. The summed E-state index contributed by atoms with van der Waals surface area (Å²) in [6.45, 7) is 1.78. The number of thiophene rings is 1. The van der Waals surface area contributed by atoms with Crippen molar-refractivity contribution in [3.05, 3.63) is 39.9 Å². The van der Waals surface area contributed by atoms with E-state index in [1.54, 1.807) is 18.3 Å². The largest absolute Gasteiger partial charge is 0.452 e. The third kappa shape index (κ3) is 4.31.